The number of pyridine rings is 1. The van der Waals surface area contributed by atoms with Crippen LogP contribution in [0.4, 0.5) is 18.9 Å². The molecular formula is C44H55F3N6O6S2. The minimum atomic E-state index is -4.60. The summed E-state index contributed by atoms with van der Waals surface area (Å²) in [5.41, 5.74) is 0.521. The molecule has 12 nitrogen and oxygen atoms in total. The molecule has 3 fully saturated rings. The van der Waals surface area contributed by atoms with Gasteiger partial charge in [-0.2, -0.15) is 13.2 Å². The molecule has 61 heavy (non-hydrogen) atoms. The van der Waals surface area contributed by atoms with E-state index < -0.39 is 68.0 Å². The number of ether oxygens (including phenoxy) is 2. The highest BCUT2D eigenvalue weighted by Crippen LogP contribution is 2.46. The van der Waals surface area contributed by atoms with E-state index in [-0.39, 0.29) is 37.0 Å². The highest BCUT2D eigenvalue weighted by molar-refractivity contribution is 7.90. The normalized spacial score (nSPS) is 22.4. The number of halogens is 3. The zero-order valence-electron chi connectivity index (χ0n) is 35.8. The lowest BCUT2D eigenvalue weighted by Gasteiger charge is -2.36. The van der Waals surface area contributed by atoms with Crippen molar-refractivity contribution in [3.63, 3.8) is 0 Å². The van der Waals surface area contributed by atoms with Crippen LogP contribution in [0.15, 0.2) is 47.8 Å². The van der Waals surface area contributed by atoms with Gasteiger partial charge in [-0.15, -0.1) is 11.3 Å². The smallest absolute Gasteiger partial charge is 0.416 e. The lowest BCUT2D eigenvalue weighted by atomic mass is 9.85. The first kappa shape index (κ1) is 44.6. The van der Waals surface area contributed by atoms with Gasteiger partial charge in [-0.25, -0.2) is 23.1 Å². The molecule has 3 N–H and O–H groups in total. The van der Waals surface area contributed by atoms with Gasteiger partial charge in [0.2, 0.25) is 21.8 Å². The van der Waals surface area contributed by atoms with Crippen molar-refractivity contribution >= 4 is 49.8 Å². The van der Waals surface area contributed by atoms with Crippen LogP contribution in [0.1, 0.15) is 96.4 Å². The molecule has 3 aliphatic rings. The number of rotatable bonds is 15. The second kappa shape index (κ2) is 16.7. The van der Waals surface area contributed by atoms with Crippen molar-refractivity contribution in [2.75, 3.05) is 25.5 Å². The van der Waals surface area contributed by atoms with Gasteiger partial charge in [-0.05, 0) is 73.8 Å². The number of nitrogens with one attached hydrogen (secondary N) is 3. The number of methoxy groups -OCH3 is 1. The Morgan fingerprint density at radius 2 is 1.80 bits per heavy atom. The molecular weight excluding hydrogens is 830 g/mol. The average Bonchev–Trinajstić information content (AvgIpc) is 4.07. The number of carbonyl (C=O) groups excluding carboxylic acids is 2. The van der Waals surface area contributed by atoms with Crippen LogP contribution in [-0.4, -0.2) is 84.3 Å². The predicted octanol–water partition coefficient (Wildman–Crippen LogP) is 8.06. The quantitative estimate of drug-likeness (QED) is 0.108. The van der Waals surface area contributed by atoms with Gasteiger partial charge in [-0.1, -0.05) is 54.0 Å². The van der Waals surface area contributed by atoms with Crippen LogP contribution >= 0.6 is 11.3 Å². The monoisotopic (exact) mass is 884 g/mol. The highest BCUT2D eigenvalue weighted by Gasteiger charge is 2.56. The molecule has 7 rings (SSSR count). The number of anilines is 1. The molecule has 3 heterocycles. The number of nitrogens with zero attached hydrogens (tertiary/aromatic N) is 3. The Morgan fingerprint density at radius 3 is 2.41 bits per heavy atom. The summed E-state index contributed by atoms with van der Waals surface area (Å²) >= 11 is 1.47. The highest BCUT2D eigenvalue weighted by atomic mass is 32.2. The van der Waals surface area contributed by atoms with E-state index >= 15 is 0 Å². The number of likely N-dealkylation sites (tertiary alicyclic amines) is 1. The molecule has 2 unspecified atom stereocenters. The first-order chi connectivity index (χ1) is 28.6. The molecule has 1 aliphatic heterocycles. The number of hydrogen-bond acceptors (Lipinski definition) is 10. The van der Waals surface area contributed by atoms with Gasteiger partial charge in [0.25, 0.3) is 0 Å². The standard InChI is InChI=1S/C44H55F3N6O6S2/c1-9-26-20-43(26,23-48-61(56,57)30-13-14-30)52-39(54)34-18-29(21-53(34)41(55)38(42(5,6)7)49-28-12-10-11-27(17-28)44(45,46)47)59-36-19-32(40-51-33(22-60-40)24(2)3)50-37-25(4)35(58-8)16-15-31(36)37/h10-12,15-17,19,22,24,26,29-30,34,38,48-49H,9,13-14,18,20-21,23H2,1-8H3,(H,52,54)/t26-,29?,34+,38-,43?/m1/s1. The Bertz CT molecular complexity index is 2410. The van der Waals surface area contributed by atoms with Gasteiger partial charge in [0.1, 0.15) is 40.4 Å². The number of fused-ring (bicyclic) bond motifs is 1. The van der Waals surface area contributed by atoms with Crippen molar-refractivity contribution in [2.24, 2.45) is 11.3 Å². The van der Waals surface area contributed by atoms with Crippen molar-refractivity contribution < 1.29 is 40.7 Å². The van der Waals surface area contributed by atoms with Crippen LogP contribution in [0, 0.1) is 18.3 Å². The molecule has 17 heteroatoms. The number of benzene rings is 2. The first-order valence-corrected chi connectivity index (χ1v) is 23.2. The fourth-order valence-corrected chi connectivity index (χ4v) is 10.6. The Morgan fingerprint density at radius 1 is 1.07 bits per heavy atom. The first-order valence-electron chi connectivity index (χ1n) is 20.8. The topological polar surface area (TPSA) is 152 Å². The van der Waals surface area contributed by atoms with Crippen molar-refractivity contribution in [3.8, 4) is 22.2 Å². The Labute approximate surface area is 359 Å². The van der Waals surface area contributed by atoms with Gasteiger partial charge >= 0.3 is 6.18 Å². The zero-order chi connectivity index (χ0) is 44.2. The van der Waals surface area contributed by atoms with E-state index in [1.807, 2.05) is 37.4 Å². The molecule has 2 amide bonds. The zero-order valence-corrected chi connectivity index (χ0v) is 37.4. The molecule has 1 saturated heterocycles. The van der Waals surface area contributed by atoms with Crippen LogP contribution in [0.25, 0.3) is 21.6 Å². The summed E-state index contributed by atoms with van der Waals surface area (Å²) in [4.78, 5) is 40.9. The van der Waals surface area contributed by atoms with Crippen LogP contribution in [0.5, 0.6) is 11.5 Å². The summed E-state index contributed by atoms with van der Waals surface area (Å²) in [5, 5.41) is 9.20. The lowest BCUT2D eigenvalue weighted by Crippen LogP contribution is -2.57. The predicted molar refractivity (Wildman–Crippen MR) is 230 cm³/mol. The third kappa shape index (κ3) is 9.48. The summed E-state index contributed by atoms with van der Waals surface area (Å²) in [6, 6.07) is 8.08. The summed E-state index contributed by atoms with van der Waals surface area (Å²) in [5.74, 6) is 0.377. The molecule has 0 spiro atoms. The molecule has 5 atom stereocenters. The van der Waals surface area contributed by atoms with E-state index in [1.165, 1.54) is 28.4 Å². The van der Waals surface area contributed by atoms with Crippen LogP contribution < -0.4 is 24.8 Å². The number of sulfonamides is 1. The summed E-state index contributed by atoms with van der Waals surface area (Å²) in [6.07, 6.45) is -2.75. The third-order valence-corrected chi connectivity index (χ3v) is 14.9. The fraction of sp³-hybridized carbons (Fsp3) is 0.545. The van der Waals surface area contributed by atoms with E-state index in [0.29, 0.717) is 58.8 Å². The largest absolute Gasteiger partial charge is 0.496 e. The van der Waals surface area contributed by atoms with E-state index in [0.717, 1.165) is 23.4 Å². The maximum Gasteiger partial charge on any atom is 0.416 e. The van der Waals surface area contributed by atoms with E-state index in [1.54, 1.807) is 27.9 Å². The van der Waals surface area contributed by atoms with Crippen LogP contribution in [0.3, 0.4) is 0 Å². The number of hydrogen-bond donors (Lipinski definition) is 3. The molecule has 0 radical (unpaired) electrons. The van der Waals surface area contributed by atoms with Crippen molar-refractivity contribution in [2.45, 2.75) is 122 Å². The maximum absolute atomic E-state index is 14.9. The molecule has 2 aliphatic carbocycles. The number of amides is 2. The second-order valence-corrected chi connectivity index (χ2v) is 21.0. The van der Waals surface area contributed by atoms with Gasteiger partial charge in [0, 0.05) is 41.0 Å². The van der Waals surface area contributed by atoms with E-state index in [4.69, 9.17) is 19.4 Å². The SMILES string of the molecule is CC[C@@H]1CC1(CNS(=O)(=O)C1CC1)NC(=O)[C@@H]1CC(Oc2cc(-c3nc(C(C)C)cs3)nc3c(C)c(OC)ccc23)CN1C(=O)[C@@H](Nc1cccc(C(F)(F)F)c1)C(C)(C)C. The van der Waals surface area contributed by atoms with E-state index in [9.17, 15) is 31.2 Å². The maximum atomic E-state index is 14.9. The van der Waals surface area contributed by atoms with Crippen molar-refractivity contribution in [1.82, 2.24) is 24.9 Å². The Hall–Kier alpha value is -4.48. The molecule has 2 aromatic heterocycles. The van der Waals surface area contributed by atoms with Crippen molar-refractivity contribution in [1.29, 1.82) is 0 Å². The average molecular weight is 885 g/mol. The Kier molecular flexibility index (Phi) is 12.2. The molecule has 0 bridgehead atoms. The van der Waals surface area contributed by atoms with E-state index in [2.05, 4.69) is 29.2 Å². The molecule has 330 valence electrons. The van der Waals surface area contributed by atoms with Gasteiger partial charge in [-0.3, -0.25) is 9.59 Å². The lowest BCUT2D eigenvalue weighted by molar-refractivity contribution is -0.141. The summed E-state index contributed by atoms with van der Waals surface area (Å²) in [7, 11) is -1.95. The second-order valence-electron chi connectivity index (χ2n) is 18.1. The summed E-state index contributed by atoms with van der Waals surface area (Å²) in [6.45, 7) is 13.4. The minimum Gasteiger partial charge on any atom is -0.496 e. The fourth-order valence-electron chi connectivity index (χ4n) is 8.18. The molecule has 2 aromatic carbocycles. The third-order valence-electron chi connectivity index (χ3n) is 12.1. The van der Waals surface area contributed by atoms with Gasteiger partial charge in [0.15, 0.2) is 0 Å². The van der Waals surface area contributed by atoms with Crippen molar-refractivity contribution in [3.05, 3.63) is 64.7 Å². The van der Waals surface area contributed by atoms with Crippen LogP contribution in [-0.2, 0) is 25.8 Å². The number of alkyl halides is 3. The van der Waals surface area contributed by atoms with Gasteiger partial charge in [0.05, 0.1) is 41.2 Å². The Balaban J connectivity index is 1.24. The number of aromatic nitrogens is 2. The van der Waals surface area contributed by atoms with Crippen LogP contribution in [0.2, 0.25) is 0 Å². The van der Waals surface area contributed by atoms with Gasteiger partial charge < -0.3 is 25.0 Å². The number of thiazole rings is 1. The minimum absolute atomic E-state index is 0.0183. The molecule has 4 aromatic rings. The summed E-state index contributed by atoms with van der Waals surface area (Å²) < 4.78 is 82.2. The number of aryl methyl sites for hydroxylation is 1. The number of carbonyl (C=O) groups is 2. The molecule has 2 saturated carbocycles.